The van der Waals surface area contributed by atoms with Crippen LogP contribution in [0.4, 0.5) is 0 Å². The summed E-state index contributed by atoms with van der Waals surface area (Å²) in [6, 6.07) is 10.4. The third-order valence-corrected chi connectivity index (χ3v) is 2.73. The molecule has 0 radical (unpaired) electrons. The highest BCUT2D eigenvalue weighted by Gasteiger charge is 2.04. The van der Waals surface area contributed by atoms with Crippen LogP contribution >= 0.6 is 0 Å². The quantitative estimate of drug-likeness (QED) is 0.760. The lowest BCUT2D eigenvalue weighted by Gasteiger charge is -2.09. The summed E-state index contributed by atoms with van der Waals surface area (Å²) in [7, 11) is 0. The number of rotatable bonds is 4. The SMILES string of the molecule is CC(C)CCn1cncc1-c1ccccc1. The number of hydrogen-bond acceptors (Lipinski definition) is 1. The minimum Gasteiger partial charge on any atom is -0.331 e. The average Bonchev–Trinajstić information content (AvgIpc) is 2.75. The summed E-state index contributed by atoms with van der Waals surface area (Å²) in [6.07, 6.45) is 5.05. The number of imidazole rings is 1. The van der Waals surface area contributed by atoms with Crippen LogP contribution in [0.3, 0.4) is 0 Å². The maximum atomic E-state index is 4.24. The van der Waals surface area contributed by atoms with E-state index in [9.17, 15) is 0 Å². The zero-order chi connectivity index (χ0) is 11.4. The van der Waals surface area contributed by atoms with Crippen LogP contribution in [0.2, 0.25) is 0 Å². The number of nitrogens with zero attached hydrogens (tertiary/aromatic N) is 2. The predicted octanol–water partition coefficient (Wildman–Crippen LogP) is 3.60. The van der Waals surface area contributed by atoms with Crippen molar-refractivity contribution in [3.63, 3.8) is 0 Å². The molecule has 0 bridgehead atoms. The van der Waals surface area contributed by atoms with Crippen LogP contribution < -0.4 is 0 Å². The van der Waals surface area contributed by atoms with E-state index >= 15 is 0 Å². The molecular weight excluding hydrogens is 196 g/mol. The van der Waals surface area contributed by atoms with Gasteiger partial charge < -0.3 is 4.57 Å². The molecule has 2 nitrogen and oxygen atoms in total. The van der Waals surface area contributed by atoms with Gasteiger partial charge in [-0.3, -0.25) is 0 Å². The van der Waals surface area contributed by atoms with Crippen molar-refractivity contribution in [3.8, 4) is 11.3 Å². The molecule has 0 atom stereocenters. The molecule has 0 unspecified atom stereocenters. The van der Waals surface area contributed by atoms with Crippen molar-refractivity contribution in [3.05, 3.63) is 42.9 Å². The first-order valence-corrected chi connectivity index (χ1v) is 5.83. The maximum Gasteiger partial charge on any atom is 0.0950 e. The second kappa shape index (κ2) is 4.97. The largest absolute Gasteiger partial charge is 0.331 e. The molecule has 2 rings (SSSR count). The standard InChI is InChI=1S/C14H18N2/c1-12(2)8-9-16-11-15-10-14(16)13-6-4-3-5-7-13/h3-7,10-12H,8-9H2,1-2H3. The van der Waals surface area contributed by atoms with Gasteiger partial charge in [-0.05, 0) is 17.9 Å². The van der Waals surface area contributed by atoms with E-state index in [-0.39, 0.29) is 0 Å². The van der Waals surface area contributed by atoms with Crippen LogP contribution in [-0.4, -0.2) is 9.55 Å². The van der Waals surface area contributed by atoms with E-state index in [1.807, 2.05) is 18.6 Å². The third kappa shape index (κ3) is 2.51. The smallest absolute Gasteiger partial charge is 0.0950 e. The summed E-state index contributed by atoms with van der Waals surface area (Å²) in [5, 5.41) is 0. The summed E-state index contributed by atoms with van der Waals surface area (Å²) in [4.78, 5) is 4.24. The van der Waals surface area contributed by atoms with Crippen LogP contribution in [0.1, 0.15) is 20.3 Å². The highest BCUT2D eigenvalue weighted by molar-refractivity contribution is 5.58. The first-order chi connectivity index (χ1) is 7.77. The molecule has 84 valence electrons. The van der Waals surface area contributed by atoms with Gasteiger partial charge in [-0.1, -0.05) is 44.2 Å². The van der Waals surface area contributed by atoms with E-state index in [0.29, 0.717) is 0 Å². The van der Waals surface area contributed by atoms with Crippen LogP contribution in [-0.2, 0) is 6.54 Å². The molecule has 16 heavy (non-hydrogen) atoms. The van der Waals surface area contributed by atoms with Crippen molar-refractivity contribution in [2.75, 3.05) is 0 Å². The Morgan fingerprint density at radius 3 is 2.62 bits per heavy atom. The molecule has 0 fully saturated rings. The van der Waals surface area contributed by atoms with E-state index < -0.39 is 0 Å². The van der Waals surface area contributed by atoms with Gasteiger partial charge in [0.2, 0.25) is 0 Å². The van der Waals surface area contributed by atoms with Gasteiger partial charge in [-0.2, -0.15) is 0 Å². The van der Waals surface area contributed by atoms with Crippen molar-refractivity contribution < 1.29 is 0 Å². The summed E-state index contributed by atoms with van der Waals surface area (Å²) in [5.74, 6) is 0.728. The number of hydrogen-bond donors (Lipinski definition) is 0. The predicted molar refractivity (Wildman–Crippen MR) is 67.1 cm³/mol. The Morgan fingerprint density at radius 2 is 1.94 bits per heavy atom. The number of benzene rings is 1. The lowest BCUT2D eigenvalue weighted by atomic mass is 10.1. The van der Waals surface area contributed by atoms with Gasteiger partial charge in [0.15, 0.2) is 0 Å². The maximum absolute atomic E-state index is 4.24. The Bertz CT molecular complexity index is 429. The van der Waals surface area contributed by atoms with Crippen LogP contribution in [0.5, 0.6) is 0 Å². The average molecular weight is 214 g/mol. The minimum atomic E-state index is 0.728. The molecule has 0 N–H and O–H groups in total. The van der Waals surface area contributed by atoms with Gasteiger partial charge in [0.05, 0.1) is 18.2 Å². The highest BCUT2D eigenvalue weighted by atomic mass is 15.0. The Kier molecular flexibility index (Phi) is 3.40. The van der Waals surface area contributed by atoms with Gasteiger partial charge in [0.1, 0.15) is 0 Å². The Hall–Kier alpha value is -1.57. The Labute approximate surface area is 97.0 Å². The summed E-state index contributed by atoms with van der Waals surface area (Å²) < 4.78 is 2.23. The summed E-state index contributed by atoms with van der Waals surface area (Å²) >= 11 is 0. The minimum absolute atomic E-state index is 0.728. The first kappa shape index (κ1) is 10.9. The molecule has 0 saturated carbocycles. The van der Waals surface area contributed by atoms with Crippen LogP contribution in [0, 0.1) is 5.92 Å². The molecule has 0 aliphatic heterocycles. The first-order valence-electron chi connectivity index (χ1n) is 5.83. The highest BCUT2D eigenvalue weighted by Crippen LogP contribution is 2.19. The molecule has 1 aromatic heterocycles. The monoisotopic (exact) mass is 214 g/mol. The topological polar surface area (TPSA) is 17.8 Å². The molecule has 1 aromatic carbocycles. The second-order valence-corrected chi connectivity index (χ2v) is 4.52. The van der Waals surface area contributed by atoms with Gasteiger partial charge in [0, 0.05) is 6.54 Å². The summed E-state index contributed by atoms with van der Waals surface area (Å²) in [5.41, 5.74) is 2.45. The lowest BCUT2D eigenvalue weighted by molar-refractivity contribution is 0.518. The van der Waals surface area contributed by atoms with E-state index in [4.69, 9.17) is 0 Å². The lowest BCUT2D eigenvalue weighted by Crippen LogP contribution is -2.01. The van der Waals surface area contributed by atoms with Crippen molar-refractivity contribution in [1.29, 1.82) is 0 Å². The van der Waals surface area contributed by atoms with Crippen molar-refractivity contribution in [2.45, 2.75) is 26.8 Å². The molecule has 1 heterocycles. The normalized spacial score (nSPS) is 10.9. The van der Waals surface area contributed by atoms with Gasteiger partial charge in [0.25, 0.3) is 0 Å². The van der Waals surface area contributed by atoms with Crippen LogP contribution in [0.15, 0.2) is 42.9 Å². The second-order valence-electron chi connectivity index (χ2n) is 4.52. The van der Waals surface area contributed by atoms with Crippen molar-refractivity contribution >= 4 is 0 Å². The molecule has 0 amide bonds. The van der Waals surface area contributed by atoms with Crippen LogP contribution in [0.25, 0.3) is 11.3 Å². The van der Waals surface area contributed by atoms with Crippen molar-refractivity contribution in [1.82, 2.24) is 9.55 Å². The number of aromatic nitrogens is 2. The molecule has 0 spiro atoms. The molecular formula is C14H18N2. The van der Waals surface area contributed by atoms with Crippen molar-refractivity contribution in [2.24, 2.45) is 5.92 Å². The van der Waals surface area contributed by atoms with Gasteiger partial charge in [-0.15, -0.1) is 0 Å². The number of aryl methyl sites for hydroxylation is 1. The molecule has 2 heteroatoms. The zero-order valence-corrected chi connectivity index (χ0v) is 9.93. The Morgan fingerprint density at radius 1 is 1.19 bits per heavy atom. The van der Waals surface area contributed by atoms with Gasteiger partial charge in [-0.25, -0.2) is 4.98 Å². The molecule has 0 aliphatic carbocycles. The summed E-state index contributed by atoms with van der Waals surface area (Å²) in [6.45, 7) is 5.54. The van der Waals surface area contributed by atoms with E-state index in [1.54, 1.807) is 0 Å². The molecule has 0 aliphatic rings. The van der Waals surface area contributed by atoms with E-state index in [1.165, 1.54) is 17.7 Å². The fourth-order valence-corrected chi connectivity index (χ4v) is 1.75. The van der Waals surface area contributed by atoms with E-state index in [0.717, 1.165) is 12.5 Å². The fourth-order valence-electron chi connectivity index (χ4n) is 1.75. The third-order valence-electron chi connectivity index (χ3n) is 2.73. The molecule has 0 saturated heterocycles. The molecule has 2 aromatic rings. The zero-order valence-electron chi connectivity index (χ0n) is 9.93. The fraction of sp³-hybridized carbons (Fsp3) is 0.357. The Balaban J connectivity index is 2.19. The van der Waals surface area contributed by atoms with Gasteiger partial charge >= 0.3 is 0 Å². The van der Waals surface area contributed by atoms with E-state index in [2.05, 4.69) is 47.7 Å².